The molecule has 0 fully saturated rings. The van der Waals surface area contributed by atoms with E-state index < -0.39 is 10.0 Å². The van der Waals surface area contributed by atoms with Crippen LogP contribution < -0.4 is 15.4 Å². The topological polar surface area (TPSA) is 82.6 Å². The van der Waals surface area contributed by atoms with Crippen molar-refractivity contribution < 1.29 is 8.42 Å². The predicted molar refractivity (Wildman–Crippen MR) is 113 cm³/mol. The van der Waals surface area contributed by atoms with Crippen molar-refractivity contribution in [1.29, 1.82) is 0 Å². The third kappa shape index (κ3) is 5.98. The molecule has 0 aromatic heterocycles. The summed E-state index contributed by atoms with van der Waals surface area (Å²) in [5, 5.41) is 6.52. The number of sulfonamides is 1. The van der Waals surface area contributed by atoms with E-state index in [4.69, 9.17) is 0 Å². The standard InChI is InChI=1S/C19H26N4O2S2/c1-14-8-9-16(18(10-14)26-4)13-23-19(20-2)22-12-15-6-5-7-17(11-15)27(24,25)21-3/h5-11,21H,12-13H2,1-4H3,(H2,20,22,23). The second-order valence-corrected chi connectivity index (χ2v) is 8.68. The van der Waals surface area contributed by atoms with Gasteiger partial charge in [-0.3, -0.25) is 4.99 Å². The van der Waals surface area contributed by atoms with Crippen molar-refractivity contribution in [3.8, 4) is 0 Å². The number of benzene rings is 2. The van der Waals surface area contributed by atoms with Crippen molar-refractivity contribution in [2.45, 2.75) is 29.8 Å². The minimum absolute atomic E-state index is 0.247. The van der Waals surface area contributed by atoms with Gasteiger partial charge >= 0.3 is 0 Å². The van der Waals surface area contributed by atoms with Gasteiger partial charge in [-0.1, -0.05) is 24.3 Å². The molecule has 6 nitrogen and oxygen atoms in total. The maximum atomic E-state index is 11.9. The van der Waals surface area contributed by atoms with Crippen molar-refractivity contribution in [2.75, 3.05) is 20.4 Å². The summed E-state index contributed by atoms with van der Waals surface area (Å²) in [6, 6.07) is 13.2. The number of rotatable bonds is 7. The Morgan fingerprint density at radius 2 is 1.85 bits per heavy atom. The third-order valence-corrected chi connectivity index (χ3v) is 6.28. The van der Waals surface area contributed by atoms with Crippen molar-refractivity contribution in [1.82, 2.24) is 15.4 Å². The molecule has 0 unspecified atom stereocenters. The van der Waals surface area contributed by atoms with Gasteiger partial charge in [-0.05, 0) is 55.1 Å². The second kappa shape index (κ2) is 9.77. The smallest absolute Gasteiger partial charge is 0.240 e. The number of nitrogens with zero attached hydrogens (tertiary/aromatic N) is 1. The number of aryl methyl sites for hydroxylation is 1. The average molecular weight is 407 g/mol. The first-order chi connectivity index (χ1) is 12.9. The molecule has 146 valence electrons. The van der Waals surface area contributed by atoms with E-state index in [1.165, 1.54) is 23.1 Å². The third-order valence-electron chi connectivity index (χ3n) is 4.05. The fraction of sp³-hybridized carbons (Fsp3) is 0.316. The molecule has 0 amide bonds. The highest BCUT2D eigenvalue weighted by molar-refractivity contribution is 7.98. The molecule has 3 N–H and O–H groups in total. The molecular weight excluding hydrogens is 380 g/mol. The maximum absolute atomic E-state index is 11.9. The number of nitrogens with one attached hydrogen (secondary N) is 3. The van der Waals surface area contributed by atoms with Gasteiger partial charge in [-0.2, -0.15) is 0 Å². The van der Waals surface area contributed by atoms with Crippen LogP contribution in [0.15, 0.2) is 57.2 Å². The highest BCUT2D eigenvalue weighted by Crippen LogP contribution is 2.21. The van der Waals surface area contributed by atoms with Crippen molar-refractivity contribution in [3.63, 3.8) is 0 Å². The lowest BCUT2D eigenvalue weighted by atomic mass is 10.1. The van der Waals surface area contributed by atoms with Crippen LogP contribution in [-0.4, -0.2) is 34.7 Å². The van der Waals surface area contributed by atoms with E-state index >= 15 is 0 Å². The van der Waals surface area contributed by atoms with E-state index in [0.717, 1.165) is 5.56 Å². The molecule has 0 spiro atoms. The Morgan fingerprint density at radius 1 is 1.11 bits per heavy atom. The molecule has 0 aliphatic carbocycles. The fourth-order valence-corrected chi connectivity index (χ4v) is 4.03. The summed E-state index contributed by atoms with van der Waals surface area (Å²) in [6.45, 7) is 3.21. The first-order valence-electron chi connectivity index (χ1n) is 8.50. The van der Waals surface area contributed by atoms with Gasteiger partial charge in [0.25, 0.3) is 0 Å². The van der Waals surface area contributed by atoms with Gasteiger partial charge in [0, 0.05) is 25.0 Å². The van der Waals surface area contributed by atoms with E-state index in [2.05, 4.69) is 51.7 Å². The molecule has 2 aromatic carbocycles. The molecule has 0 atom stereocenters. The van der Waals surface area contributed by atoms with Gasteiger partial charge in [0.1, 0.15) is 0 Å². The normalized spacial score (nSPS) is 12.1. The summed E-state index contributed by atoms with van der Waals surface area (Å²) in [5.41, 5.74) is 3.30. The SMILES string of the molecule is CN=C(NCc1cccc(S(=O)(=O)NC)c1)NCc1ccc(C)cc1SC. The summed E-state index contributed by atoms with van der Waals surface area (Å²) in [7, 11) is -0.335. The number of aliphatic imine (C=N–C) groups is 1. The second-order valence-electron chi connectivity index (χ2n) is 5.95. The van der Waals surface area contributed by atoms with Gasteiger partial charge in [-0.15, -0.1) is 11.8 Å². The van der Waals surface area contributed by atoms with E-state index in [1.54, 1.807) is 37.0 Å². The lowest BCUT2D eigenvalue weighted by Gasteiger charge is -2.14. The van der Waals surface area contributed by atoms with Crippen LogP contribution in [0, 0.1) is 6.92 Å². The molecule has 0 aliphatic heterocycles. The molecule has 0 saturated carbocycles. The number of thioether (sulfide) groups is 1. The van der Waals surface area contributed by atoms with Crippen LogP contribution in [-0.2, 0) is 23.1 Å². The van der Waals surface area contributed by atoms with Crippen molar-refractivity contribution >= 4 is 27.7 Å². The van der Waals surface area contributed by atoms with E-state index in [0.29, 0.717) is 19.0 Å². The highest BCUT2D eigenvalue weighted by Gasteiger charge is 2.11. The van der Waals surface area contributed by atoms with E-state index in [1.807, 2.05) is 6.07 Å². The maximum Gasteiger partial charge on any atom is 0.240 e. The van der Waals surface area contributed by atoms with Crippen LogP contribution >= 0.6 is 11.8 Å². The Kier molecular flexibility index (Phi) is 7.70. The molecule has 0 bridgehead atoms. The van der Waals surface area contributed by atoms with Crippen LogP contribution in [0.4, 0.5) is 0 Å². The van der Waals surface area contributed by atoms with E-state index in [-0.39, 0.29) is 4.90 Å². The molecule has 0 aliphatic rings. The summed E-state index contributed by atoms with van der Waals surface area (Å²) in [6.07, 6.45) is 2.07. The summed E-state index contributed by atoms with van der Waals surface area (Å²) < 4.78 is 26.2. The minimum Gasteiger partial charge on any atom is -0.352 e. The Bertz CT molecular complexity index is 912. The van der Waals surface area contributed by atoms with Crippen LogP contribution in [0.5, 0.6) is 0 Å². The van der Waals surface area contributed by atoms with Crippen molar-refractivity contribution in [3.05, 3.63) is 59.2 Å². The van der Waals surface area contributed by atoms with E-state index in [9.17, 15) is 8.42 Å². The Balaban J connectivity index is 2.00. The number of hydrogen-bond donors (Lipinski definition) is 3. The van der Waals surface area contributed by atoms with Crippen LogP contribution in [0.25, 0.3) is 0 Å². The molecule has 8 heteroatoms. The zero-order valence-corrected chi connectivity index (χ0v) is 17.7. The largest absolute Gasteiger partial charge is 0.352 e. The van der Waals surface area contributed by atoms with Gasteiger partial charge in [-0.25, -0.2) is 13.1 Å². The highest BCUT2D eigenvalue weighted by atomic mass is 32.2. The Labute approximate surface area is 165 Å². The summed E-state index contributed by atoms with van der Waals surface area (Å²) in [4.78, 5) is 5.72. The fourth-order valence-electron chi connectivity index (χ4n) is 2.52. The molecular formula is C19H26N4O2S2. The van der Waals surface area contributed by atoms with Crippen LogP contribution in [0.1, 0.15) is 16.7 Å². The van der Waals surface area contributed by atoms with Gasteiger partial charge in [0.05, 0.1) is 4.90 Å². The van der Waals surface area contributed by atoms with Crippen LogP contribution in [0.2, 0.25) is 0 Å². The number of hydrogen-bond acceptors (Lipinski definition) is 4. The lowest BCUT2D eigenvalue weighted by molar-refractivity contribution is 0.588. The summed E-state index contributed by atoms with van der Waals surface area (Å²) in [5.74, 6) is 0.657. The molecule has 0 radical (unpaired) electrons. The lowest BCUT2D eigenvalue weighted by Crippen LogP contribution is -2.36. The molecule has 0 saturated heterocycles. The van der Waals surface area contributed by atoms with Gasteiger partial charge in [0.15, 0.2) is 5.96 Å². The zero-order valence-electron chi connectivity index (χ0n) is 16.0. The quantitative estimate of drug-likeness (QED) is 0.374. The van der Waals surface area contributed by atoms with Gasteiger partial charge in [0.2, 0.25) is 10.0 Å². The Morgan fingerprint density at radius 3 is 2.52 bits per heavy atom. The van der Waals surface area contributed by atoms with Crippen molar-refractivity contribution in [2.24, 2.45) is 4.99 Å². The number of guanidine groups is 1. The molecule has 27 heavy (non-hydrogen) atoms. The summed E-state index contributed by atoms with van der Waals surface area (Å²) >= 11 is 1.72. The molecule has 0 heterocycles. The van der Waals surface area contributed by atoms with Gasteiger partial charge < -0.3 is 10.6 Å². The Hall–Kier alpha value is -2.03. The molecule has 2 rings (SSSR count). The first kappa shape index (κ1) is 21.3. The van der Waals surface area contributed by atoms with Crippen LogP contribution in [0.3, 0.4) is 0 Å². The predicted octanol–water partition coefficient (Wildman–Crippen LogP) is 2.49. The monoisotopic (exact) mass is 406 g/mol. The zero-order chi connectivity index (χ0) is 19.9. The minimum atomic E-state index is -3.45. The molecule has 2 aromatic rings. The first-order valence-corrected chi connectivity index (χ1v) is 11.2. The average Bonchev–Trinajstić information content (AvgIpc) is 2.69.